The van der Waals surface area contributed by atoms with Crippen molar-refractivity contribution >= 4 is 5.91 Å². The van der Waals surface area contributed by atoms with Crippen LogP contribution in [0.4, 0.5) is 0 Å². The summed E-state index contributed by atoms with van der Waals surface area (Å²) in [6.07, 6.45) is 0. The summed E-state index contributed by atoms with van der Waals surface area (Å²) in [5.41, 5.74) is 2.29. The van der Waals surface area contributed by atoms with Crippen molar-refractivity contribution in [3.8, 4) is 11.5 Å². The molecule has 0 atom stereocenters. The first-order valence-corrected chi connectivity index (χ1v) is 9.82. The van der Waals surface area contributed by atoms with E-state index in [9.17, 15) is 4.79 Å². The Morgan fingerprint density at radius 3 is 2.21 bits per heavy atom. The SMILES string of the molecule is CCOc1ccc(C(=O)NC(C)(C)C)cc1COc1ccccc1C(C)(C)C. The summed E-state index contributed by atoms with van der Waals surface area (Å²) < 4.78 is 11.9. The molecule has 0 saturated heterocycles. The number of amides is 1. The molecule has 0 unspecified atom stereocenters. The summed E-state index contributed by atoms with van der Waals surface area (Å²) >= 11 is 0. The van der Waals surface area contributed by atoms with Crippen molar-refractivity contribution < 1.29 is 14.3 Å². The van der Waals surface area contributed by atoms with Gasteiger partial charge in [-0.3, -0.25) is 4.79 Å². The molecule has 0 aliphatic rings. The third-order valence-corrected chi connectivity index (χ3v) is 4.19. The lowest BCUT2D eigenvalue weighted by Gasteiger charge is -2.23. The first kappa shape index (κ1) is 21.8. The van der Waals surface area contributed by atoms with Crippen LogP contribution >= 0.6 is 0 Å². The van der Waals surface area contributed by atoms with Crippen molar-refractivity contribution in [1.82, 2.24) is 5.32 Å². The number of para-hydroxylation sites is 1. The fraction of sp³-hybridized carbons (Fsp3) is 0.458. The minimum absolute atomic E-state index is 0.0201. The Bertz CT molecular complexity index is 813. The molecule has 0 heterocycles. The van der Waals surface area contributed by atoms with Crippen molar-refractivity contribution in [3.05, 3.63) is 59.2 Å². The maximum absolute atomic E-state index is 12.5. The van der Waals surface area contributed by atoms with Gasteiger partial charge in [-0.1, -0.05) is 39.0 Å². The number of carbonyl (C=O) groups is 1. The van der Waals surface area contributed by atoms with Crippen molar-refractivity contribution in [2.45, 2.75) is 66.0 Å². The van der Waals surface area contributed by atoms with Gasteiger partial charge in [0, 0.05) is 16.7 Å². The van der Waals surface area contributed by atoms with Crippen LogP contribution in [0.3, 0.4) is 0 Å². The summed E-state index contributed by atoms with van der Waals surface area (Å²) in [6, 6.07) is 13.6. The first-order chi connectivity index (χ1) is 13.0. The molecule has 0 radical (unpaired) electrons. The van der Waals surface area contributed by atoms with E-state index in [0.717, 1.165) is 22.6 Å². The Kier molecular flexibility index (Phi) is 6.76. The van der Waals surface area contributed by atoms with Gasteiger partial charge in [0.15, 0.2) is 0 Å². The zero-order chi connectivity index (χ0) is 20.9. The van der Waals surface area contributed by atoms with Crippen LogP contribution in [0.25, 0.3) is 0 Å². The highest BCUT2D eigenvalue weighted by atomic mass is 16.5. The molecule has 0 bridgehead atoms. The van der Waals surface area contributed by atoms with Crippen LogP contribution in [0, 0.1) is 0 Å². The van der Waals surface area contributed by atoms with Gasteiger partial charge in [0.2, 0.25) is 0 Å². The van der Waals surface area contributed by atoms with Crippen LogP contribution in [0.2, 0.25) is 0 Å². The number of rotatable bonds is 6. The van der Waals surface area contributed by atoms with Gasteiger partial charge < -0.3 is 14.8 Å². The maximum Gasteiger partial charge on any atom is 0.251 e. The third-order valence-electron chi connectivity index (χ3n) is 4.19. The van der Waals surface area contributed by atoms with E-state index in [0.29, 0.717) is 18.8 Å². The van der Waals surface area contributed by atoms with Gasteiger partial charge in [0.25, 0.3) is 5.91 Å². The van der Waals surface area contributed by atoms with E-state index in [2.05, 4.69) is 32.2 Å². The normalized spacial score (nSPS) is 11.8. The first-order valence-electron chi connectivity index (χ1n) is 9.82. The van der Waals surface area contributed by atoms with Crippen molar-refractivity contribution in [1.29, 1.82) is 0 Å². The van der Waals surface area contributed by atoms with Gasteiger partial charge in [0.1, 0.15) is 18.1 Å². The quantitative estimate of drug-likeness (QED) is 0.717. The monoisotopic (exact) mass is 383 g/mol. The van der Waals surface area contributed by atoms with Gasteiger partial charge in [0.05, 0.1) is 6.61 Å². The standard InChI is InChI=1S/C24H33NO3/c1-8-27-20-14-13-17(22(26)25-24(5,6)7)15-18(20)16-28-21-12-10-9-11-19(21)23(2,3)4/h9-15H,8,16H2,1-7H3,(H,25,26). The van der Waals surface area contributed by atoms with E-state index in [1.54, 1.807) is 6.07 Å². The minimum atomic E-state index is -0.294. The number of benzene rings is 2. The van der Waals surface area contributed by atoms with E-state index in [-0.39, 0.29) is 16.9 Å². The molecular weight excluding hydrogens is 350 g/mol. The van der Waals surface area contributed by atoms with Crippen LogP contribution in [-0.4, -0.2) is 18.1 Å². The van der Waals surface area contributed by atoms with Gasteiger partial charge in [-0.2, -0.15) is 0 Å². The predicted octanol–water partition coefficient (Wildman–Crippen LogP) is 5.49. The van der Waals surface area contributed by atoms with Gasteiger partial charge >= 0.3 is 0 Å². The third kappa shape index (κ3) is 6.01. The van der Waals surface area contributed by atoms with Crippen LogP contribution in [0.15, 0.2) is 42.5 Å². The van der Waals surface area contributed by atoms with Crippen LogP contribution in [0.1, 0.15) is 70.0 Å². The average Bonchev–Trinajstić information content (AvgIpc) is 2.59. The largest absolute Gasteiger partial charge is 0.493 e. The zero-order valence-corrected chi connectivity index (χ0v) is 18.2. The Labute approximate surface area is 169 Å². The van der Waals surface area contributed by atoms with E-state index < -0.39 is 0 Å². The Morgan fingerprint density at radius 2 is 1.61 bits per heavy atom. The smallest absolute Gasteiger partial charge is 0.251 e. The molecule has 0 fully saturated rings. The van der Waals surface area contributed by atoms with E-state index >= 15 is 0 Å². The highest BCUT2D eigenvalue weighted by Gasteiger charge is 2.20. The second kappa shape index (κ2) is 8.68. The topological polar surface area (TPSA) is 47.6 Å². The number of hydrogen-bond acceptors (Lipinski definition) is 3. The number of nitrogens with one attached hydrogen (secondary N) is 1. The van der Waals surface area contributed by atoms with Crippen molar-refractivity contribution in [3.63, 3.8) is 0 Å². The lowest BCUT2D eigenvalue weighted by Crippen LogP contribution is -2.40. The zero-order valence-electron chi connectivity index (χ0n) is 18.2. The van der Waals surface area contributed by atoms with Crippen molar-refractivity contribution in [2.75, 3.05) is 6.61 Å². The summed E-state index contributed by atoms with van der Waals surface area (Å²) in [5.74, 6) is 1.48. The molecule has 2 aromatic rings. The van der Waals surface area contributed by atoms with E-state index in [1.165, 1.54) is 0 Å². The molecule has 4 heteroatoms. The molecule has 2 rings (SSSR count). The molecule has 0 aliphatic heterocycles. The van der Waals surface area contributed by atoms with Crippen LogP contribution in [0.5, 0.6) is 11.5 Å². The summed E-state index contributed by atoms with van der Waals surface area (Å²) in [5, 5.41) is 3.00. The molecule has 1 N–H and O–H groups in total. The van der Waals surface area contributed by atoms with E-state index in [1.807, 2.05) is 58.0 Å². The number of hydrogen-bond donors (Lipinski definition) is 1. The molecule has 0 saturated carbocycles. The Hall–Kier alpha value is -2.49. The fourth-order valence-electron chi connectivity index (χ4n) is 2.91. The molecule has 4 nitrogen and oxygen atoms in total. The molecular formula is C24H33NO3. The Morgan fingerprint density at radius 1 is 0.929 bits per heavy atom. The Balaban J connectivity index is 2.29. The highest BCUT2D eigenvalue weighted by molar-refractivity contribution is 5.95. The van der Waals surface area contributed by atoms with Gasteiger partial charge in [-0.05, 0) is 62.9 Å². The molecule has 1 amide bonds. The number of carbonyl (C=O) groups excluding carboxylic acids is 1. The van der Waals surface area contributed by atoms with Gasteiger partial charge in [-0.25, -0.2) is 0 Å². The molecule has 2 aromatic carbocycles. The van der Waals surface area contributed by atoms with Crippen LogP contribution < -0.4 is 14.8 Å². The van der Waals surface area contributed by atoms with Crippen LogP contribution in [-0.2, 0) is 12.0 Å². The second-order valence-corrected chi connectivity index (χ2v) is 8.99. The number of ether oxygens (including phenoxy) is 2. The van der Waals surface area contributed by atoms with Crippen molar-refractivity contribution in [2.24, 2.45) is 0 Å². The summed E-state index contributed by atoms with van der Waals surface area (Å²) in [7, 11) is 0. The minimum Gasteiger partial charge on any atom is -0.493 e. The fourth-order valence-corrected chi connectivity index (χ4v) is 2.91. The average molecular weight is 384 g/mol. The highest BCUT2D eigenvalue weighted by Crippen LogP contribution is 2.32. The summed E-state index contributed by atoms with van der Waals surface area (Å²) in [6.45, 7) is 15.2. The lowest BCUT2D eigenvalue weighted by molar-refractivity contribution is 0.0919. The molecule has 152 valence electrons. The maximum atomic E-state index is 12.5. The van der Waals surface area contributed by atoms with E-state index in [4.69, 9.17) is 9.47 Å². The lowest BCUT2D eigenvalue weighted by atomic mass is 9.86. The molecule has 0 aliphatic carbocycles. The second-order valence-electron chi connectivity index (χ2n) is 8.99. The molecule has 0 aromatic heterocycles. The predicted molar refractivity (Wildman–Crippen MR) is 114 cm³/mol. The van der Waals surface area contributed by atoms with Gasteiger partial charge in [-0.15, -0.1) is 0 Å². The molecule has 28 heavy (non-hydrogen) atoms. The summed E-state index contributed by atoms with van der Waals surface area (Å²) in [4.78, 5) is 12.5. The molecule has 0 spiro atoms.